The third kappa shape index (κ3) is 4.50. The van der Waals surface area contributed by atoms with Gasteiger partial charge in [0, 0.05) is 6.61 Å². The van der Waals surface area contributed by atoms with Gasteiger partial charge in [-0.1, -0.05) is 66.9 Å². The standard InChI is InChI=1S/C19H24O/c1-16-7-11-18(12-8-16)19-13-9-17(10-14-19)6-4-2-3-5-15-20/h7-14,20H,2-6,15H2,1H3. The molecule has 1 N–H and O–H groups in total. The molecule has 0 amide bonds. The van der Waals surface area contributed by atoms with Gasteiger partial charge >= 0.3 is 0 Å². The first kappa shape index (κ1) is 14.8. The molecule has 2 aromatic rings. The Morgan fingerprint density at radius 1 is 0.700 bits per heavy atom. The number of aliphatic hydroxyl groups is 1. The largest absolute Gasteiger partial charge is 0.396 e. The van der Waals surface area contributed by atoms with Gasteiger partial charge in [-0.3, -0.25) is 0 Å². The molecule has 0 fully saturated rings. The zero-order valence-corrected chi connectivity index (χ0v) is 12.3. The lowest BCUT2D eigenvalue weighted by atomic mass is 10.0. The summed E-state index contributed by atoms with van der Waals surface area (Å²) in [5, 5.41) is 8.74. The number of benzene rings is 2. The first-order chi connectivity index (χ1) is 9.79. The Bertz CT molecular complexity index is 496. The number of hydrogen-bond donors (Lipinski definition) is 1. The number of unbranched alkanes of at least 4 members (excludes halogenated alkanes) is 3. The lowest BCUT2D eigenvalue weighted by Gasteiger charge is -2.05. The van der Waals surface area contributed by atoms with Crippen molar-refractivity contribution in [1.29, 1.82) is 0 Å². The summed E-state index contributed by atoms with van der Waals surface area (Å²) in [5.41, 5.74) is 5.28. The Hall–Kier alpha value is -1.60. The Kier molecular flexibility index (Phi) is 5.82. The van der Waals surface area contributed by atoms with Gasteiger partial charge in [0.1, 0.15) is 0 Å². The summed E-state index contributed by atoms with van der Waals surface area (Å²) in [4.78, 5) is 0. The van der Waals surface area contributed by atoms with Gasteiger partial charge in [-0.2, -0.15) is 0 Å². The van der Waals surface area contributed by atoms with Crippen LogP contribution in [0.4, 0.5) is 0 Å². The Morgan fingerprint density at radius 3 is 1.85 bits per heavy atom. The molecule has 0 atom stereocenters. The number of rotatable bonds is 7. The highest BCUT2D eigenvalue weighted by Gasteiger charge is 1.98. The molecule has 20 heavy (non-hydrogen) atoms. The third-order valence-electron chi connectivity index (χ3n) is 3.71. The molecule has 0 radical (unpaired) electrons. The SMILES string of the molecule is Cc1ccc(-c2ccc(CCCCCCO)cc2)cc1. The average Bonchev–Trinajstić information content (AvgIpc) is 2.49. The van der Waals surface area contributed by atoms with Crippen LogP contribution in [0.1, 0.15) is 36.8 Å². The summed E-state index contributed by atoms with van der Waals surface area (Å²) in [5.74, 6) is 0. The van der Waals surface area contributed by atoms with Crippen LogP contribution in [0.3, 0.4) is 0 Å². The van der Waals surface area contributed by atoms with Crippen LogP contribution in [0.15, 0.2) is 48.5 Å². The van der Waals surface area contributed by atoms with Gasteiger partial charge in [0.15, 0.2) is 0 Å². The van der Waals surface area contributed by atoms with Crippen molar-refractivity contribution in [3.63, 3.8) is 0 Å². The number of aliphatic hydroxyl groups excluding tert-OH is 1. The average molecular weight is 268 g/mol. The van der Waals surface area contributed by atoms with Crippen LogP contribution in [0, 0.1) is 6.92 Å². The van der Waals surface area contributed by atoms with Crippen LogP contribution in [0.5, 0.6) is 0 Å². The van der Waals surface area contributed by atoms with E-state index in [1.807, 2.05) is 0 Å². The van der Waals surface area contributed by atoms with Crippen molar-refractivity contribution < 1.29 is 5.11 Å². The van der Waals surface area contributed by atoms with E-state index in [9.17, 15) is 0 Å². The van der Waals surface area contributed by atoms with E-state index in [1.165, 1.54) is 35.1 Å². The summed E-state index contributed by atoms with van der Waals surface area (Å²) in [7, 11) is 0. The van der Waals surface area contributed by atoms with Crippen molar-refractivity contribution in [2.75, 3.05) is 6.61 Å². The molecule has 0 saturated heterocycles. The van der Waals surface area contributed by atoms with E-state index in [1.54, 1.807) is 0 Å². The summed E-state index contributed by atoms with van der Waals surface area (Å²) in [6.07, 6.45) is 5.63. The highest BCUT2D eigenvalue weighted by atomic mass is 16.2. The Morgan fingerprint density at radius 2 is 1.25 bits per heavy atom. The van der Waals surface area contributed by atoms with E-state index in [-0.39, 0.29) is 0 Å². The van der Waals surface area contributed by atoms with E-state index in [0.29, 0.717) is 6.61 Å². The topological polar surface area (TPSA) is 20.2 Å². The number of hydrogen-bond acceptors (Lipinski definition) is 1. The van der Waals surface area contributed by atoms with Crippen LogP contribution >= 0.6 is 0 Å². The van der Waals surface area contributed by atoms with E-state index in [4.69, 9.17) is 5.11 Å². The molecule has 1 heteroatoms. The van der Waals surface area contributed by atoms with Crippen molar-refractivity contribution in [2.45, 2.75) is 39.0 Å². The summed E-state index contributed by atoms with van der Waals surface area (Å²) >= 11 is 0. The van der Waals surface area contributed by atoms with Crippen molar-refractivity contribution >= 4 is 0 Å². The maximum Gasteiger partial charge on any atom is 0.0431 e. The summed E-state index contributed by atoms with van der Waals surface area (Å²) in [6, 6.07) is 17.6. The Labute approximate surface area is 122 Å². The predicted octanol–water partition coefficient (Wildman–Crippen LogP) is 4.76. The lowest BCUT2D eigenvalue weighted by molar-refractivity contribution is 0.282. The molecular formula is C19H24O. The third-order valence-corrected chi connectivity index (χ3v) is 3.71. The van der Waals surface area contributed by atoms with E-state index in [2.05, 4.69) is 55.5 Å². The monoisotopic (exact) mass is 268 g/mol. The highest BCUT2D eigenvalue weighted by Crippen LogP contribution is 2.21. The van der Waals surface area contributed by atoms with Gasteiger partial charge < -0.3 is 5.11 Å². The van der Waals surface area contributed by atoms with E-state index >= 15 is 0 Å². The first-order valence-corrected chi connectivity index (χ1v) is 7.56. The number of aryl methyl sites for hydroxylation is 2. The molecule has 0 aliphatic heterocycles. The summed E-state index contributed by atoms with van der Waals surface area (Å²) < 4.78 is 0. The molecule has 2 rings (SSSR count). The molecule has 2 aromatic carbocycles. The van der Waals surface area contributed by atoms with Gasteiger partial charge in [-0.15, -0.1) is 0 Å². The van der Waals surface area contributed by atoms with Gasteiger partial charge in [-0.05, 0) is 42.9 Å². The second kappa shape index (κ2) is 7.86. The first-order valence-electron chi connectivity index (χ1n) is 7.56. The Balaban J connectivity index is 1.88. The fourth-order valence-electron chi connectivity index (χ4n) is 2.40. The molecule has 0 heterocycles. The van der Waals surface area contributed by atoms with Crippen LogP contribution in [0.25, 0.3) is 11.1 Å². The van der Waals surface area contributed by atoms with Gasteiger partial charge in [0.05, 0.1) is 0 Å². The molecular weight excluding hydrogens is 244 g/mol. The lowest BCUT2D eigenvalue weighted by Crippen LogP contribution is -1.88. The minimum atomic E-state index is 0.325. The zero-order chi connectivity index (χ0) is 14.2. The van der Waals surface area contributed by atoms with E-state index < -0.39 is 0 Å². The summed E-state index contributed by atoms with van der Waals surface area (Å²) in [6.45, 7) is 2.44. The molecule has 0 bridgehead atoms. The molecule has 0 saturated carbocycles. The molecule has 0 aromatic heterocycles. The molecule has 0 aliphatic rings. The highest BCUT2D eigenvalue weighted by molar-refractivity contribution is 5.63. The van der Waals surface area contributed by atoms with Crippen molar-refractivity contribution in [2.24, 2.45) is 0 Å². The van der Waals surface area contributed by atoms with Crippen LogP contribution < -0.4 is 0 Å². The van der Waals surface area contributed by atoms with Crippen molar-refractivity contribution in [1.82, 2.24) is 0 Å². The van der Waals surface area contributed by atoms with Gasteiger partial charge in [-0.25, -0.2) is 0 Å². The van der Waals surface area contributed by atoms with Crippen molar-refractivity contribution in [3.8, 4) is 11.1 Å². The zero-order valence-electron chi connectivity index (χ0n) is 12.3. The second-order valence-electron chi connectivity index (χ2n) is 5.45. The van der Waals surface area contributed by atoms with Crippen molar-refractivity contribution in [3.05, 3.63) is 59.7 Å². The van der Waals surface area contributed by atoms with E-state index in [0.717, 1.165) is 19.3 Å². The maximum absolute atomic E-state index is 8.74. The fourth-order valence-corrected chi connectivity index (χ4v) is 2.40. The van der Waals surface area contributed by atoms with Crippen LogP contribution in [0.2, 0.25) is 0 Å². The molecule has 106 valence electrons. The molecule has 1 nitrogen and oxygen atoms in total. The maximum atomic E-state index is 8.74. The van der Waals surface area contributed by atoms with Crippen LogP contribution in [-0.2, 0) is 6.42 Å². The van der Waals surface area contributed by atoms with Gasteiger partial charge in [0.2, 0.25) is 0 Å². The minimum absolute atomic E-state index is 0.325. The smallest absolute Gasteiger partial charge is 0.0431 e. The second-order valence-corrected chi connectivity index (χ2v) is 5.45. The normalized spacial score (nSPS) is 10.7. The van der Waals surface area contributed by atoms with Gasteiger partial charge in [0.25, 0.3) is 0 Å². The molecule has 0 aliphatic carbocycles. The fraction of sp³-hybridized carbons (Fsp3) is 0.368. The predicted molar refractivity (Wildman–Crippen MR) is 85.9 cm³/mol. The quantitative estimate of drug-likeness (QED) is 0.718. The molecule has 0 spiro atoms. The van der Waals surface area contributed by atoms with Crippen LogP contribution in [-0.4, -0.2) is 11.7 Å². The minimum Gasteiger partial charge on any atom is -0.396 e. The molecule has 0 unspecified atom stereocenters.